The van der Waals surface area contributed by atoms with Crippen LogP contribution in [0.15, 0.2) is 73.8 Å². The Labute approximate surface area is 266 Å². The van der Waals surface area contributed by atoms with E-state index in [1.165, 1.54) is 4.90 Å². The molecule has 0 aromatic heterocycles. The molecule has 2 aromatic carbocycles. The molecule has 1 spiro atoms. The van der Waals surface area contributed by atoms with Gasteiger partial charge in [-0.25, -0.2) is 0 Å². The van der Waals surface area contributed by atoms with E-state index in [1.54, 1.807) is 28.0 Å². The van der Waals surface area contributed by atoms with Crippen LogP contribution in [0.1, 0.15) is 24.0 Å². The number of amides is 3. The van der Waals surface area contributed by atoms with Gasteiger partial charge in [-0.3, -0.25) is 14.4 Å². The zero-order valence-electron chi connectivity index (χ0n) is 24.2. The summed E-state index contributed by atoms with van der Waals surface area (Å²) in [5, 5.41) is 10.1. The molecule has 10 heteroatoms. The first-order valence-electron chi connectivity index (χ1n) is 14.5. The van der Waals surface area contributed by atoms with E-state index in [9.17, 15) is 19.5 Å². The second-order valence-electron chi connectivity index (χ2n) is 11.4. The SMILES string of the molecule is C=CCN(Cc1ccccc1)C(=O)[C@H]1[C@H]2C(=O)N(CCCO)C(C(=O)N(CC=C)c3c(C)cccc3Cl)C23CC(Br)[C@@H]1O3. The van der Waals surface area contributed by atoms with E-state index in [2.05, 4.69) is 29.1 Å². The second-order valence-corrected chi connectivity index (χ2v) is 13.0. The number of carbonyl (C=O) groups is 3. The van der Waals surface area contributed by atoms with Gasteiger partial charge in [0.15, 0.2) is 0 Å². The molecule has 3 fully saturated rings. The van der Waals surface area contributed by atoms with Crippen LogP contribution in [0.2, 0.25) is 5.02 Å². The lowest BCUT2D eigenvalue weighted by Crippen LogP contribution is -2.57. The molecule has 8 nitrogen and oxygen atoms in total. The van der Waals surface area contributed by atoms with Crippen LogP contribution in [-0.2, 0) is 25.7 Å². The Morgan fingerprint density at radius 2 is 1.86 bits per heavy atom. The van der Waals surface area contributed by atoms with Crippen LogP contribution in [0.4, 0.5) is 5.69 Å². The highest BCUT2D eigenvalue weighted by atomic mass is 79.9. The zero-order chi connectivity index (χ0) is 30.9. The summed E-state index contributed by atoms with van der Waals surface area (Å²) in [6, 6.07) is 14.0. The highest BCUT2D eigenvalue weighted by molar-refractivity contribution is 9.09. The van der Waals surface area contributed by atoms with Gasteiger partial charge in [0.05, 0.1) is 28.6 Å². The summed E-state index contributed by atoms with van der Waals surface area (Å²) >= 11 is 10.4. The van der Waals surface area contributed by atoms with E-state index in [-0.39, 0.29) is 48.7 Å². The van der Waals surface area contributed by atoms with Crippen molar-refractivity contribution >= 4 is 50.9 Å². The molecule has 3 saturated heterocycles. The molecule has 3 heterocycles. The van der Waals surface area contributed by atoms with E-state index in [0.29, 0.717) is 30.2 Å². The van der Waals surface area contributed by atoms with Crippen molar-refractivity contribution in [1.29, 1.82) is 0 Å². The van der Waals surface area contributed by atoms with Gasteiger partial charge in [0.2, 0.25) is 11.8 Å². The largest absolute Gasteiger partial charge is 0.396 e. The van der Waals surface area contributed by atoms with Crippen LogP contribution in [0.3, 0.4) is 0 Å². The number of rotatable bonds is 12. The number of ether oxygens (including phenoxy) is 1. The molecule has 3 aliphatic rings. The van der Waals surface area contributed by atoms with Gasteiger partial charge >= 0.3 is 0 Å². The number of benzene rings is 2. The van der Waals surface area contributed by atoms with Crippen LogP contribution in [0.25, 0.3) is 0 Å². The van der Waals surface area contributed by atoms with Crippen LogP contribution >= 0.6 is 27.5 Å². The number of para-hydroxylation sites is 1. The predicted molar refractivity (Wildman–Crippen MR) is 170 cm³/mol. The molecular weight excluding hydrogens is 634 g/mol. The summed E-state index contributed by atoms with van der Waals surface area (Å²) in [6.45, 7) is 10.4. The summed E-state index contributed by atoms with van der Waals surface area (Å²) in [5.74, 6) is -2.52. The molecular formula is C33H37BrClN3O5. The van der Waals surface area contributed by atoms with Crippen molar-refractivity contribution in [2.45, 2.75) is 48.9 Å². The normalized spacial score (nSPS) is 27.2. The van der Waals surface area contributed by atoms with E-state index >= 15 is 0 Å². The second kappa shape index (κ2) is 12.9. The summed E-state index contributed by atoms with van der Waals surface area (Å²) in [4.78, 5) is 47.9. The average Bonchev–Trinajstić information content (AvgIpc) is 3.58. The molecule has 43 heavy (non-hydrogen) atoms. The fourth-order valence-corrected chi connectivity index (χ4v) is 8.38. The van der Waals surface area contributed by atoms with Crippen molar-refractivity contribution in [2.75, 3.05) is 31.1 Å². The highest BCUT2D eigenvalue weighted by Gasteiger charge is 2.76. The molecule has 6 atom stereocenters. The highest BCUT2D eigenvalue weighted by Crippen LogP contribution is 2.60. The summed E-state index contributed by atoms with van der Waals surface area (Å²) < 4.78 is 6.70. The lowest BCUT2D eigenvalue weighted by molar-refractivity contribution is -0.145. The van der Waals surface area contributed by atoms with Gasteiger partial charge in [0, 0.05) is 37.6 Å². The molecule has 0 saturated carbocycles. The molecule has 228 valence electrons. The standard InChI is InChI=1S/C33H37BrClN3O5/c1-4-15-36(20-22-12-7-6-8-13-22)30(40)25-26-31(41)38(17-10-18-39)29(33(26)19-23(34)28(25)43-33)32(42)37(16-5-2)27-21(3)11-9-14-24(27)35/h4-9,11-14,23,25-26,28-29,39H,1-2,10,15-20H2,3H3/t23?,25-,26-,28-,29?,33?/m0/s1. The number of carbonyl (C=O) groups excluding carboxylic acids is 3. The lowest BCUT2D eigenvalue weighted by Gasteiger charge is -2.38. The summed E-state index contributed by atoms with van der Waals surface area (Å²) in [6.07, 6.45) is 3.36. The Hall–Kier alpha value is -2.98. The number of likely N-dealkylation sites (tertiary alicyclic amines) is 1. The third-order valence-electron chi connectivity index (χ3n) is 8.78. The van der Waals surface area contributed by atoms with Crippen molar-refractivity contribution in [3.63, 3.8) is 0 Å². The minimum atomic E-state index is -1.23. The molecule has 2 aromatic rings. The smallest absolute Gasteiger partial charge is 0.253 e. The first-order valence-corrected chi connectivity index (χ1v) is 15.8. The van der Waals surface area contributed by atoms with Crippen LogP contribution in [-0.4, -0.2) is 81.4 Å². The Bertz CT molecular complexity index is 1390. The van der Waals surface area contributed by atoms with Gasteiger partial charge in [-0.2, -0.15) is 0 Å². The van der Waals surface area contributed by atoms with Gasteiger partial charge in [-0.1, -0.05) is 82.1 Å². The number of aliphatic hydroxyl groups excluding tert-OH is 1. The maximum atomic E-state index is 14.7. The number of hydrogen-bond donors (Lipinski definition) is 1. The first-order chi connectivity index (χ1) is 20.7. The zero-order valence-corrected chi connectivity index (χ0v) is 26.5. The number of aryl methyl sites for hydroxylation is 1. The van der Waals surface area contributed by atoms with Gasteiger partial charge in [-0.05, 0) is 37.0 Å². The van der Waals surface area contributed by atoms with E-state index in [1.807, 2.05) is 49.4 Å². The van der Waals surface area contributed by atoms with Crippen molar-refractivity contribution in [1.82, 2.24) is 9.80 Å². The van der Waals surface area contributed by atoms with Crippen molar-refractivity contribution in [3.05, 3.63) is 90.0 Å². The Morgan fingerprint density at radius 3 is 2.51 bits per heavy atom. The molecule has 3 aliphatic heterocycles. The maximum Gasteiger partial charge on any atom is 0.253 e. The maximum absolute atomic E-state index is 14.7. The monoisotopic (exact) mass is 669 g/mol. The van der Waals surface area contributed by atoms with Gasteiger partial charge in [0.25, 0.3) is 5.91 Å². The molecule has 5 rings (SSSR count). The van der Waals surface area contributed by atoms with Crippen molar-refractivity contribution < 1.29 is 24.2 Å². The lowest BCUT2D eigenvalue weighted by atomic mass is 9.70. The molecule has 3 unspecified atom stereocenters. The third-order valence-corrected chi connectivity index (χ3v) is 9.93. The number of aliphatic hydroxyl groups is 1. The predicted octanol–water partition coefficient (Wildman–Crippen LogP) is 4.51. The summed E-state index contributed by atoms with van der Waals surface area (Å²) in [7, 11) is 0. The minimum Gasteiger partial charge on any atom is -0.396 e. The number of anilines is 1. The molecule has 0 radical (unpaired) electrons. The molecule has 1 N–H and O–H groups in total. The van der Waals surface area contributed by atoms with Crippen LogP contribution in [0.5, 0.6) is 0 Å². The van der Waals surface area contributed by atoms with E-state index < -0.39 is 29.6 Å². The Kier molecular flexibility index (Phi) is 9.46. The van der Waals surface area contributed by atoms with Gasteiger partial charge < -0.3 is 24.5 Å². The quantitative estimate of drug-likeness (QED) is 0.265. The number of fused-ring (bicyclic) bond motifs is 1. The third kappa shape index (κ3) is 5.45. The topological polar surface area (TPSA) is 90.4 Å². The average molecular weight is 671 g/mol. The van der Waals surface area contributed by atoms with E-state index in [0.717, 1.165) is 11.1 Å². The van der Waals surface area contributed by atoms with Crippen molar-refractivity contribution in [3.8, 4) is 0 Å². The molecule has 0 aliphatic carbocycles. The van der Waals surface area contributed by atoms with Crippen LogP contribution in [0, 0.1) is 18.8 Å². The van der Waals surface area contributed by atoms with Gasteiger partial charge in [-0.15, -0.1) is 13.2 Å². The molecule has 3 amide bonds. The Morgan fingerprint density at radius 1 is 1.14 bits per heavy atom. The van der Waals surface area contributed by atoms with Gasteiger partial charge in [0.1, 0.15) is 11.6 Å². The van der Waals surface area contributed by atoms with E-state index in [4.69, 9.17) is 16.3 Å². The fraction of sp³-hybridized carbons (Fsp3) is 0.424. The summed E-state index contributed by atoms with van der Waals surface area (Å²) in [5.41, 5.74) is 1.06. The Balaban J connectivity index is 1.57. The minimum absolute atomic E-state index is 0.149. The number of hydrogen-bond acceptors (Lipinski definition) is 5. The van der Waals surface area contributed by atoms with Crippen LogP contribution < -0.4 is 4.90 Å². The number of nitrogens with zero attached hydrogens (tertiary/aromatic N) is 3. The fourth-order valence-electron chi connectivity index (χ4n) is 7.11. The van der Waals surface area contributed by atoms with Crippen molar-refractivity contribution in [2.24, 2.45) is 11.8 Å². The number of halogens is 2. The number of alkyl halides is 1. The first kappa shape index (κ1) is 31.4. The molecule has 2 bridgehead atoms.